The van der Waals surface area contributed by atoms with Crippen LogP contribution in [0.5, 0.6) is 11.5 Å². The number of nitrogens with one attached hydrogen (secondary N) is 1. The van der Waals surface area contributed by atoms with E-state index in [1.807, 2.05) is 12.1 Å². The molecule has 1 amide bonds. The van der Waals surface area contributed by atoms with Crippen LogP contribution in [0.15, 0.2) is 46.4 Å². The van der Waals surface area contributed by atoms with Gasteiger partial charge in [-0.3, -0.25) is 4.79 Å². The van der Waals surface area contributed by atoms with E-state index in [9.17, 15) is 15.2 Å². The van der Waals surface area contributed by atoms with Gasteiger partial charge in [0.15, 0.2) is 11.5 Å². The van der Waals surface area contributed by atoms with Crippen molar-refractivity contribution in [3.05, 3.63) is 57.0 Å². The third-order valence-corrected chi connectivity index (χ3v) is 3.81. The third-order valence-electron chi connectivity index (χ3n) is 3.03. The molecule has 0 aliphatic carbocycles. The minimum atomic E-state index is -0.557. The van der Waals surface area contributed by atoms with Crippen molar-refractivity contribution in [1.29, 1.82) is 5.26 Å². The second-order valence-electron chi connectivity index (χ2n) is 4.69. The molecule has 0 spiro atoms. The summed E-state index contributed by atoms with van der Waals surface area (Å²) in [5.74, 6) is -0.606. The molecule has 0 aliphatic rings. The molecule has 2 rings (SSSR count). The lowest BCUT2D eigenvalue weighted by molar-refractivity contribution is -0.112. The monoisotopic (exact) mass is 406 g/mol. The Bertz CT molecular complexity index is 859. The number of rotatable bonds is 4. The largest absolute Gasteiger partial charge is 0.503 e. The molecule has 0 fully saturated rings. The van der Waals surface area contributed by atoms with E-state index in [0.29, 0.717) is 11.3 Å². The average molecular weight is 408 g/mol. The van der Waals surface area contributed by atoms with Gasteiger partial charge >= 0.3 is 0 Å². The molecular formula is C17H12BrClN2O3. The van der Waals surface area contributed by atoms with Gasteiger partial charge in [0.25, 0.3) is 5.91 Å². The molecule has 0 aliphatic heterocycles. The van der Waals surface area contributed by atoms with Gasteiger partial charge in [-0.15, -0.1) is 0 Å². The number of phenolic OH excluding ortho intramolecular Hbond substituents is 1. The number of ether oxygens (including phenoxy) is 1. The zero-order chi connectivity index (χ0) is 17.7. The highest BCUT2D eigenvalue weighted by Crippen LogP contribution is 2.35. The normalized spacial score (nSPS) is 10.8. The van der Waals surface area contributed by atoms with E-state index < -0.39 is 5.91 Å². The van der Waals surface area contributed by atoms with E-state index in [1.54, 1.807) is 18.2 Å². The van der Waals surface area contributed by atoms with Crippen LogP contribution in [0.25, 0.3) is 6.08 Å². The van der Waals surface area contributed by atoms with Crippen molar-refractivity contribution in [1.82, 2.24) is 0 Å². The fraction of sp³-hybridized carbons (Fsp3) is 0.0588. The maximum atomic E-state index is 12.2. The summed E-state index contributed by atoms with van der Waals surface area (Å²) in [6, 6.07) is 11.8. The van der Waals surface area contributed by atoms with Crippen molar-refractivity contribution in [3.63, 3.8) is 0 Å². The van der Waals surface area contributed by atoms with Crippen LogP contribution in [0.1, 0.15) is 5.56 Å². The first-order valence-electron chi connectivity index (χ1n) is 6.70. The minimum absolute atomic E-state index is 0.0605. The van der Waals surface area contributed by atoms with E-state index in [4.69, 9.17) is 16.3 Å². The number of carbonyl (C=O) groups excluding carboxylic acids is 1. The molecule has 5 nitrogen and oxygen atoms in total. The van der Waals surface area contributed by atoms with Crippen LogP contribution in [0.2, 0.25) is 5.02 Å². The Morgan fingerprint density at radius 2 is 2.17 bits per heavy atom. The Morgan fingerprint density at radius 3 is 2.79 bits per heavy atom. The molecule has 0 atom stereocenters. The van der Waals surface area contributed by atoms with Crippen LogP contribution in [-0.4, -0.2) is 18.1 Å². The lowest BCUT2D eigenvalue weighted by Gasteiger charge is -2.07. The number of halogens is 2. The van der Waals surface area contributed by atoms with Crippen LogP contribution in [0, 0.1) is 11.3 Å². The number of nitriles is 1. The van der Waals surface area contributed by atoms with Crippen molar-refractivity contribution in [2.75, 3.05) is 12.4 Å². The molecule has 0 bridgehead atoms. The van der Waals surface area contributed by atoms with E-state index in [-0.39, 0.29) is 22.1 Å². The number of hydrogen-bond acceptors (Lipinski definition) is 4. The topological polar surface area (TPSA) is 82.3 Å². The molecule has 7 heteroatoms. The summed E-state index contributed by atoms with van der Waals surface area (Å²) in [4.78, 5) is 12.2. The molecule has 0 saturated carbocycles. The van der Waals surface area contributed by atoms with Crippen LogP contribution in [-0.2, 0) is 4.79 Å². The maximum absolute atomic E-state index is 12.2. The highest BCUT2D eigenvalue weighted by molar-refractivity contribution is 9.10. The molecule has 0 heterocycles. The molecule has 122 valence electrons. The van der Waals surface area contributed by atoms with E-state index in [0.717, 1.165) is 4.47 Å². The molecule has 0 unspecified atom stereocenters. The van der Waals surface area contributed by atoms with Crippen molar-refractivity contribution in [2.45, 2.75) is 0 Å². The second-order valence-corrected chi connectivity index (χ2v) is 6.01. The number of carbonyl (C=O) groups is 1. The van der Waals surface area contributed by atoms with Gasteiger partial charge in [-0.2, -0.15) is 5.26 Å². The van der Waals surface area contributed by atoms with Crippen LogP contribution < -0.4 is 10.1 Å². The number of amides is 1. The predicted molar refractivity (Wildman–Crippen MR) is 96.0 cm³/mol. The number of nitrogens with zero attached hydrogens (tertiary/aromatic N) is 1. The van der Waals surface area contributed by atoms with Gasteiger partial charge in [0, 0.05) is 10.2 Å². The Labute approximate surface area is 152 Å². The minimum Gasteiger partial charge on any atom is -0.503 e. The van der Waals surface area contributed by atoms with E-state index >= 15 is 0 Å². The molecule has 0 aromatic heterocycles. The molecule has 24 heavy (non-hydrogen) atoms. The highest BCUT2D eigenvalue weighted by Gasteiger charge is 2.12. The Morgan fingerprint density at radius 1 is 1.42 bits per heavy atom. The Balaban J connectivity index is 2.31. The van der Waals surface area contributed by atoms with Gasteiger partial charge in [0.1, 0.15) is 11.6 Å². The first-order chi connectivity index (χ1) is 11.4. The summed E-state index contributed by atoms with van der Waals surface area (Å²) in [7, 11) is 1.38. The summed E-state index contributed by atoms with van der Waals surface area (Å²) in [6.45, 7) is 0. The quantitative estimate of drug-likeness (QED) is 0.583. The fourth-order valence-corrected chi connectivity index (χ4v) is 2.53. The highest BCUT2D eigenvalue weighted by atomic mass is 79.9. The maximum Gasteiger partial charge on any atom is 0.266 e. The zero-order valence-corrected chi connectivity index (χ0v) is 14.9. The summed E-state index contributed by atoms with van der Waals surface area (Å²) in [5, 5.41) is 21.7. The number of aromatic hydroxyl groups is 1. The van der Waals surface area contributed by atoms with Gasteiger partial charge < -0.3 is 15.2 Å². The third kappa shape index (κ3) is 4.28. The summed E-state index contributed by atoms with van der Waals surface area (Å²) in [5.41, 5.74) is 0.895. The molecule has 0 saturated heterocycles. The summed E-state index contributed by atoms with van der Waals surface area (Å²) in [6.07, 6.45) is 1.36. The smallest absolute Gasteiger partial charge is 0.266 e. The van der Waals surface area contributed by atoms with Crippen molar-refractivity contribution in [2.24, 2.45) is 0 Å². The van der Waals surface area contributed by atoms with Crippen LogP contribution in [0.4, 0.5) is 5.69 Å². The van der Waals surface area contributed by atoms with E-state index in [2.05, 4.69) is 21.2 Å². The van der Waals surface area contributed by atoms with Crippen LogP contribution in [0.3, 0.4) is 0 Å². The van der Waals surface area contributed by atoms with Gasteiger partial charge in [-0.25, -0.2) is 0 Å². The van der Waals surface area contributed by atoms with Gasteiger partial charge in [0.05, 0.1) is 12.1 Å². The standard InChI is InChI=1S/C17H12BrClN2O3/c1-24-15-7-10(6-14(19)16(15)22)5-11(9-20)17(23)21-13-4-2-3-12(18)8-13/h2-8,22H,1H3,(H,21,23)/b11-5+. The molecule has 2 aromatic carbocycles. The Kier molecular flexibility index (Phi) is 5.85. The van der Waals surface area contributed by atoms with Crippen molar-refractivity contribution < 1.29 is 14.6 Å². The molecule has 0 radical (unpaired) electrons. The van der Waals surface area contributed by atoms with Crippen LogP contribution >= 0.6 is 27.5 Å². The SMILES string of the molecule is COc1cc(/C=C(\C#N)C(=O)Nc2cccc(Br)c2)cc(Cl)c1O. The number of anilines is 1. The number of hydrogen-bond donors (Lipinski definition) is 2. The lowest BCUT2D eigenvalue weighted by atomic mass is 10.1. The Hall–Kier alpha value is -2.49. The lowest BCUT2D eigenvalue weighted by Crippen LogP contribution is -2.13. The fourth-order valence-electron chi connectivity index (χ4n) is 1.91. The number of benzene rings is 2. The average Bonchev–Trinajstić information content (AvgIpc) is 2.55. The summed E-state index contributed by atoms with van der Waals surface area (Å²) < 4.78 is 5.80. The molecule has 2 aromatic rings. The van der Waals surface area contributed by atoms with Gasteiger partial charge in [0.2, 0.25) is 0 Å². The van der Waals surface area contributed by atoms with Crippen molar-refractivity contribution >= 4 is 45.2 Å². The van der Waals surface area contributed by atoms with Gasteiger partial charge in [-0.1, -0.05) is 33.6 Å². The predicted octanol–water partition coefficient (Wildman–Crippen LogP) is 4.36. The second kappa shape index (κ2) is 7.86. The van der Waals surface area contributed by atoms with Gasteiger partial charge in [-0.05, 0) is 42.0 Å². The first-order valence-corrected chi connectivity index (χ1v) is 7.87. The molecular weight excluding hydrogens is 396 g/mol. The number of phenols is 1. The summed E-state index contributed by atoms with van der Waals surface area (Å²) >= 11 is 9.21. The zero-order valence-electron chi connectivity index (χ0n) is 12.5. The molecule has 2 N–H and O–H groups in total. The van der Waals surface area contributed by atoms with E-state index in [1.165, 1.54) is 25.3 Å². The van der Waals surface area contributed by atoms with Crippen molar-refractivity contribution in [3.8, 4) is 17.6 Å². The first kappa shape index (κ1) is 17.9. The number of methoxy groups -OCH3 is 1.